The van der Waals surface area contributed by atoms with Gasteiger partial charge in [0.15, 0.2) is 17.7 Å². The van der Waals surface area contributed by atoms with Gasteiger partial charge in [0.2, 0.25) is 0 Å². The number of terminal acetylenes is 1. The van der Waals surface area contributed by atoms with Crippen molar-refractivity contribution in [3.05, 3.63) is 30.1 Å². The van der Waals surface area contributed by atoms with Gasteiger partial charge in [-0.15, -0.1) is 6.42 Å². The van der Waals surface area contributed by atoms with E-state index < -0.39 is 5.82 Å². The van der Waals surface area contributed by atoms with Crippen LogP contribution in [-0.2, 0) is 0 Å². The molecule has 1 radical (unpaired) electrons. The summed E-state index contributed by atoms with van der Waals surface area (Å²) >= 11 is 0. The maximum absolute atomic E-state index is 13.0. The summed E-state index contributed by atoms with van der Waals surface area (Å²) in [5, 5.41) is 0. The summed E-state index contributed by atoms with van der Waals surface area (Å²) in [6.45, 7) is 1.88. The van der Waals surface area contributed by atoms with Gasteiger partial charge in [0.25, 0.3) is 0 Å². The highest BCUT2D eigenvalue weighted by atomic mass is 19.1. The third-order valence-corrected chi connectivity index (χ3v) is 1.60. The van der Waals surface area contributed by atoms with Crippen LogP contribution in [0.25, 0.3) is 0 Å². The van der Waals surface area contributed by atoms with Crippen LogP contribution in [0.15, 0.2) is 18.2 Å². The van der Waals surface area contributed by atoms with Crippen LogP contribution in [0.5, 0.6) is 5.75 Å². The molecular weight excluding hydrogens is 167 g/mol. The van der Waals surface area contributed by atoms with E-state index in [4.69, 9.17) is 11.2 Å². The van der Waals surface area contributed by atoms with Crippen molar-refractivity contribution < 1.29 is 9.13 Å². The summed E-state index contributed by atoms with van der Waals surface area (Å²) in [5.41, 5.74) is 0. The van der Waals surface area contributed by atoms with Crippen LogP contribution < -0.4 is 4.74 Å². The summed E-state index contributed by atoms with van der Waals surface area (Å²) in [6.07, 6.45) is 5.46. The molecule has 0 heterocycles. The molecule has 0 amide bonds. The average molecular weight is 177 g/mol. The van der Waals surface area contributed by atoms with Gasteiger partial charge in [0, 0.05) is 6.07 Å². The maximum atomic E-state index is 13.0. The number of rotatable bonds is 3. The fraction of sp³-hybridized carbons (Fsp3) is 0.273. The van der Waals surface area contributed by atoms with Crippen molar-refractivity contribution >= 4 is 0 Å². The molecule has 0 bridgehead atoms. The van der Waals surface area contributed by atoms with E-state index in [1.54, 1.807) is 6.07 Å². The van der Waals surface area contributed by atoms with E-state index >= 15 is 0 Å². The Morgan fingerprint density at radius 1 is 1.77 bits per heavy atom. The van der Waals surface area contributed by atoms with E-state index in [9.17, 15) is 4.39 Å². The molecule has 0 saturated heterocycles. The summed E-state index contributed by atoms with van der Waals surface area (Å²) in [6, 6.07) is 7.07. The number of benzene rings is 1. The molecule has 0 aromatic heterocycles. The standard InChI is InChI=1S/C11H10FO/c1-3-9(4-2)13-11-8-6-5-7-10(11)12/h1,5-6,8-9H,4H2,2H3. The Hall–Kier alpha value is -1.49. The van der Waals surface area contributed by atoms with Crippen molar-refractivity contribution in [3.8, 4) is 18.1 Å². The van der Waals surface area contributed by atoms with Crippen LogP contribution >= 0.6 is 0 Å². The lowest BCUT2D eigenvalue weighted by Crippen LogP contribution is -2.12. The minimum absolute atomic E-state index is 0.160. The van der Waals surface area contributed by atoms with E-state index in [0.717, 1.165) is 0 Å². The first-order valence-electron chi connectivity index (χ1n) is 4.07. The van der Waals surface area contributed by atoms with E-state index in [2.05, 4.69) is 12.0 Å². The predicted molar refractivity (Wildman–Crippen MR) is 48.8 cm³/mol. The van der Waals surface area contributed by atoms with Gasteiger partial charge >= 0.3 is 0 Å². The first-order chi connectivity index (χ1) is 6.27. The minimum atomic E-state index is -0.504. The van der Waals surface area contributed by atoms with Gasteiger partial charge in [0.05, 0.1) is 0 Å². The second-order valence-corrected chi connectivity index (χ2v) is 2.53. The highest BCUT2D eigenvalue weighted by Gasteiger charge is 2.07. The molecule has 0 spiro atoms. The molecule has 0 aliphatic rings. The Labute approximate surface area is 77.5 Å². The van der Waals surface area contributed by atoms with Gasteiger partial charge in [-0.05, 0) is 12.5 Å². The van der Waals surface area contributed by atoms with Crippen LogP contribution in [0, 0.1) is 24.2 Å². The largest absolute Gasteiger partial charge is 0.475 e. The number of halogens is 1. The highest BCUT2D eigenvalue weighted by molar-refractivity contribution is 5.23. The average Bonchev–Trinajstić information content (AvgIpc) is 2.17. The molecule has 1 rings (SSSR count). The quantitative estimate of drug-likeness (QED) is 0.644. The first-order valence-corrected chi connectivity index (χ1v) is 4.07. The van der Waals surface area contributed by atoms with E-state index in [-0.39, 0.29) is 11.9 Å². The highest BCUT2D eigenvalue weighted by Crippen LogP contribution is 2.17. The predicted octanol–water partition coefficient (Wildman–Crippen LogP) is 2.42. The Balaban J connectivity index is 2.74. The van der Waals surface area contributed by atoms with E-state index in [1.807, 2.05) is 6.92 Å². The van der Waals surface area contributed by atoms with Crippen molar-refractivity contribution in [2.24, 2.45) is 0 Å². The molecule has 0 saturated carbocycles. The van der Waals surface area contributed by atoms with Crippen LogP contribution in [0.1, 0.15) is 13.3 Å². The topological polar surface area (TPSA) is 9.23 Å². The second-order valence-electron chi connectivity index (χ2n) is 2.53. The summed E-state index contributed by atoms with van der Waals surface area (Å²) in [7, 11) is 0. The molecule has 1 unspecified atom stereocenters. The Morgan fingerprint density at radius 3 is 3.08 bits per heavy atom. The second kappa shape index (κ2) is 4.51. The summed E-state index contributed by atoms with van der Waals surface area (Å²) in [5.74, 6) is 2.08. The zero-order valence-corrected chi connectivity index (χ0v) is 7.38. The van der Waals surface area contributed by atoms with Gasteiger partial charge < -0.3 is 4.74 Å². The lowest BCUT2D eigenvalue weighted by molar-refractivity contribution is 0.242. The molecule has 13 heavy (non-hydrogen) atoms. The molecule has 1 nitrogen and oxygen atoms in total. The molecule has 0 aliphatic carbocycles. The van der Waals surface area contributed by atoms with Gasteiger partial charge in [-0.3, -0.25) is 0 Å². The smallest absolute Gasteiger partial charge is 0.173 e. The molecule has 0 N–H and O–H groups in total. The summed E-state index contributed by atoms with van der Waals surface area (Å²) < 4.78 is 18.2. The van der Waals surface area contributed by atoms with Gasteiger partial charge in [-0.2, -0.15) is 0 Å². The van der Waals surface area contributed by atoms with Crippen LogP contribution in [0.4, 0.5) is 4.39 Å². The number of ether oxygens (including phenoxy) is 1. The molecule has 1 aromatic rings. The Bertz CT molecular complexity index is 314. The van der Waals surface area contributed by atoms with Gasteiger partial charge in [-0.1, -0.05) is 25.0 Å². The first kappa shape index (κ1) is 9.60. The van der Waals surface area contributed by atoms with Crippen molar-refractivity contribution in [2.45, 2.75) is 19.4 Å². The minimum Gasteiger partial charge on any atom is -0.475 e. The molecule has 0 fully saturated rings. The molecule has 1 aromatic carbocycles. The van der Waals surface area contributed by atoms with Crippen molar-refractivity contribution in [3.63, 3.8) is 0 Å². The van der Waals surface area contributed by atoms with Crippen LogP contribution in [-0.4, -0.2) is 6.10 Å². The Morgan fingerprint density at radius 2 is 2.54 bits per heavy atom. The summed E-state index contributed by atoms with van der Waals surface area (Å²) in [4.78, 5) is 0. The van der Waals surface area contributed by atoms with Crippen molar-refractivity contribution in [2.75, 3.05) is 0 Å². The molecule has 1 atom stereocenters. The number of hydrogen-bond acceptors (Lipinski definition) is 1. The van der Waals surface area contributed by atoms with Gasteiger partial charge in [-0.25, -0.2) is 4.39 Å². The van der Waals surface area contributed by atoms with E-state index in [1.165, 1.54) is 12.1 Å². The monoisotopic (exact) mass is 177 g/mol. The van der Waals surface area contributed by atoms with Crippen LogP contribution in [0.3, 0.4) is 0 Å². The lowest BCUT2D eigenvalue weighted by Gasteiger charge is -2.11. The SMILES string of the molecule is C#CC(CC)Oc1ccc[c]c1F. The molecule has 2 heteroatoms. The van der Waals surface area contributed by atoms with Crippen molar-refractivity contribution in [1.82, 2.24) is 0 Å². The molecular formula is C11H10FO. The third-order valence-electron chi connectivity index (χ3n) is 1.60. The van der Waals surface area contributed by atoms with Gasteiger partial charge in [0.1, 0.15) is 0 Å². The fourth-order valence-electron chi connectivity index (χ4n) is 0.881. The third kappa shape index (κ3) is 2.48. The molecule has 67 valence electrons. The number of hydrogen-bond donors (Lipinski definition) is 0. The zero-order chi connectivity index (χ0) is 9.68. The lowest BCUT2D eigenvalue weighted by atomic mass is 10.3. The molecule has 0 aliphatic heterocycles. The normalized spacial score (nSPS) is 11.8. The fourth-order valence-corrected chi connectivity index (χ4v) is 0.881. The van der Waals surface area contributed by atoms with E-state index in [0.29, 0.717) is 6.42 Å². The zero-order valence-electron chi connectivity index (χ0n) is 7.38. The van der Waals surface area contributed by atoms with Crippen LogP contribution in [0.2, 0.25) is 0 Å². The van der Waals surface area contributed by atoms with Crippen molar-refractivity contribution in [1.29, 1.82) is 0 Å². The Kier molecular flexibility index (Phi) is 3.33. The maximum Gasteiger partial charge on any atom is 0.173 e.